The number of ether oxygens (including phenoxy) is 1. The molecule has 3 rings (SSSR count). The maximum absolute atomic E-state index is 10.7. The Bertz CT molecular complexity index is 905. The van der Waals surface area contributed by atoms with E-state index in [9.17, 15) is 4.79 Å². The summed E-state index contributed by atoms with van der Waals surface area (Å²) >= 11 is 1.16. The van der Waals surface area contributed by atoms with E-state index >= 15 is 0 Å². The topological polar surface area (TPSA) is 77.2 Å². The van der Waals surface area contributed by atoms with Crippen LogP contribution in [0.4, 0.5) is 0 Å². The summed E-state index contributed by atoms with van der Waals surface area (Å²) in [5, 5.41) is 17.6. The van der Waals surface area contributed by atoms with Crippen molar-refractivity contribution in [1.82, 2.24) is 14.8 Å². The largest absolute Gasteiger partial charge is 0.486 e. The van der Waals surface area contributed by atoms with Gasteiger partial charge in [-0.15, -0.1) is 10.2 Å². The van der Waals surface area contributed by atoms with Crippen molar-refractivity contribution in [1.29, 1.82) is 0 Å². The zero-order valence-electron chi connectivity index (χ0n) is 15.3. The van der Waals surface area contributed by atoms with Crippen LogP contribution in [0, 0.1) is 6.92 Å². The van der Waals surface area contributed by atoms with Crippen molar-refractivity contribution in [3.63, 3.8) is 0 Å². The average molecular weight is 383 g/mol. The fourth-order valence-electron chi connectivity index (χ4n) is 2.61. The van der Waals surface area contributed by atoms with Crippen molar-refractivity contribution >= 4 is 17.7 Å². The van der Waals surface area contributed by atoms with Crippen molar-refractivity contribution in [2.45, 2.75) is 32.2 Å². The minimum absolute atomic E-state index is 0.0422. The highest BCUT2D eigenvalue weighted by Gasteiger charge is 2.13. The number of rotatable bonds is 8. The van der Waals surface area contributed by atoms with Gasteiger partial charge in [-0.1, -0.05) is 53.7 Å². The molecular formula is C20H21N3O3S. The van der Waals surface area contributed by atoms with Crippen molar-refractivity contribution in [3.8, 4) is 16.9 Å². The number of aromatic nitrogens is 3. The first-order valence-corrected chi connectivity index (χ1v) is 9.62. The quantitative estimate of drug-likeness (QED) is 0.592. The highest BCUT2D eigenvalue weighted by Crippen LogP contribution is 2.23. The molecule has 0 aliphatic carbocycles. The van der Waals surface area contributed by atoms with E-state index in [4.69, 9.17) is 9.84 Å². The Morgan fingerprint density at radius 3 is 2.30 bits per heavy atom. The zero-order chi connectivity index (χ0) is 19.2. The Morgan fingerprint density at radius 2 is 1.70 bits per heavy atom. The molecule has 3 aromatic rings. The molecule has 0 amide bonds. The summed E-state index contributed by atoms with van der Waals surface area (Å²) in [6.45, 7) is 4.97. The Labute approximate surface area is 162 Å². The molecule has 27 heavy (non-hydrogen) atoms. The molecule has 0 aliphatic heterocycles. The summed E-state index contributed by atoms with van der Waals surface area (Å²) in [5.74, 6) is 0.501. The second-order valence-electron chi connectivity index (χ2n) is 6.00. The molecule has 1 heterocycles. The van der Waals surface area contributed by atoms with Crippen LogP contribution in [-0.2, 0) is 17.9 Å². The molecule has 0 aliphatic rings. The predicted octanol–water partition coefficient (Wildman–Crippen LogP) is 4.03. The Hall–Kier alpha value is -2.80. The van der Waals surface area contributed by atoms with Gasteiger partial charge in [0.1, 0.15) is 12.4 Å². The molecule has 140 valence electrons. The van der Waals surface area contributed by atoms with Gasteiger partial charge in [0, 0.05) is 6.54 Å². The van der Waals surface area contributed by atoms with Crippen LogP contribution in [0.25, 0.3) is 11.1 Å². The van der Waals surface area contributed by atoms with E-state index in [0.717, 1.165) is 28.6 Å². The van der Waals surface area contributed by atoms with Crippen molar-refractivity contribution < 1.29 is 14.6 Å². The van der Waals surface area contributed by atoms with Crippen LogP contribution in [-0.4, -0.2) is 31.6 Å². The van der Waals surface area contributed by atoms with Gasteiger partial charge in [-0.2, -0.15) is 0 Å². The van der Waals surface area contributed by atoms with E-state index in [-0.39, 0.29) is 12.4 Å². The smallest absolute Gasteiger partial charge is 0.313 e. The summed E-state index contributed by atoms with van der Waals surface area (Å²) in [6, 6.07) is 16.3. The molecule has 1 N–H and O–H groups in total. The molecule has 0 bridgehead atoms. The number of aryl methyl sites for hydroxylation is 1. The molecule has 0 atom stereocenters. The standard InChI is InChI=1S/C20H21N3O3S/c1-3-23-18(21-22-20(23)27-13-19(24)25)12-26-17-10-8-16(9-11-17)15-6-4-14(2)5-7-15/h4-11H,3,12-13H2,1-2H3,(H,24,25). The summed E-state index contributed by atoms with van der Waals surface area (Å²) in [7, 11) is 0. The van der Waals surface area contributed by atoms with Crippen LogP contribution in [0.3, 0.4) is 0 Å². The highest BCUT2D eigenvalue weighted by atomic mass is 32.2. The van der Waals surface area contributed by atoms with Crippen molar-refractivity contribution in [2.75, 3.05) is 5.75 Å². The van der Waals surface area contributed by atoms with Gasteiger partial charge >= 0.3 is 5.97 Å². The van der Waals surface area contributed by atoms with Crippen molar-refractivity contribution in [2.24, 2.45) is 0 Å². The molecule has 2 aromatic carbocycles. The maximum atomic E-state index is 10.7. The highest BCUT2D eigenvalue weighted by molar-refractivity contribution is 7.99. The summed E-state index contributed by atoms with van der Waals surface area (Å²) in [6.07, 6.45) is 0. The monoisotopic (exact) mass is 383 g/mol. The van der Waals surface area contributed by atoms with Gasteiger partial charge < -0.3 is 14.4 Å². The van der Waals surface area contributed by atoms with Crippen LogP contribution in [0.2, 0.25) is 0 Å². The first-order chi connectivity index (χ1) is 13.1. The van der Waals surface area contributed by atoms with Crippen LogP contribution < -0.4 is 4.74 Å². The lowest BCUT2D eigenvalue weighted by Gasteiger charge is -2.09. The fraction of sp³-hybridized carbons (Fsp3) is 0.250. The third kappa shape index (κ3) is 4.89. The minimum atomic E-state index is -0.878. The molecule has 0 saturated heterocycles. The van der Waals surface area contributed by atoms with E-state index in [1.807, 2.05) is 35.8 Å². The summed E-state index contributed by atoms with van der Waals surface area (Å²) in [4.78, 5) is 10.7. The normalized spacial score (nSPS) is 10.7. The Kier molecular flexibility index (Phi) is 6.13. The number of thioether (sulfide) groups is 1. The third-order valence-electron chi connectivity index (χ3n) is 4.04. The Balaban J connectivity index is 1.64. The molecule has 0 spiro atoms. The summed E-state index contributed by atoms with van der Waals surface area (Å²) < 4.78 is 7.70. The maximum Gasteiger partial charge on any atom is 0.313 e. The van der Waals surface area contributed by atoms with Gasteiger partial charge in [-0.3, -0.25) is 4.79 Å². The van der Waals surface area contributed by atoms with Gasteiger partial charge in [0.15, 0.2) is 11.0 Å². The second kappa shape index (κ2) is 8.73. The van der Waals surface area contributed by atoms with Crippen LogP contribution >= 0.6 is 11.8 Å². The van der Waals surface area contributed by atoms with Gasteiger partial charge in [0.25, 0.3) is 0 Å². The van der Waals surface area contributed by atoms with Crippen molar-refractivity contribution in [3.05, 3.63) is 59.9 Å². The number of carboxylic acids is 1. The van der Waals surface area contributed by atoms with Gasteiger partial charge in [0.05, 0.1) is 5.75 Å². The van der Waals surface area contributed by atoms with E-state index in [1.165, 1.54) is 5.56 Å². The number of hydrogen-bond donors (Lipinski definition) is 1. The number of nitrogens with zero attached hydrogens (tertiary/aromatic N) is 3. The third-order valence-corrected chi connectivity index (χ3v) is 4.99. The second-order valence-corrected chi connectivity index (χ2v) is 6.95. The fourth-order valence-corrected chi connectivity index (χ4v) is 3.36. The number of carboxylic acid groups (broad SMARTS) is 1. The summed E-state index contributed by atoms with van der Waals surface area (Å²) in [5.41, 5.74) is 3.53. The molecule has 0 radical (unpaired) electrons. The van der Waals surface area contributed by atoms with Gasteiger partial charge in [-0.25, -0.2) is 0 Å². The molecule has 1 aromatic heterocycles. The predicted molar refractivity (Wildman–Crippen MR) is 105 cm³/mol. The number of hydrogen-bond acceptors (Lipinski definition) is 5. The number of aliphatic carboxylic acids is 1. The average Bonchev–Trinajstić information content (AvgIpc) is 3.07. The van der Waals surface area contributed by atoms with E-state index < -0.39 is 5.97 Å². The first kappa shape index (κ1) is 19.0. The lowest BCUT2D eigenvalue weighted by molar-refractivity contribution is -0.133. The van der Waals surface area contributed by atoms with Crippen LogP contribution in [0.5, 0.6) is 5.75 Å². The molecule has 7 heteroatoms. The molecule has 0 saturated carbocycles. The lowest BCUT2D eigenvalue weighted by atomic mass is 10.0. The molecule has 6 nitrogen and oxygen atoms in total. The van der Waals surface area contributed by atoms with Crippen LogP contribution in [0.1, 0.15) is 18.3 Å². The van der Waals surface area contributed by atoms with Gasteiger partial charge in [0.2, 0.25) is 0 Å². The molecular weight excluding hydrogens is 362 g/mol. The number of carbonyl (C=O) groups is 1. The minimum Gasteiger partial charge on any atom is -0.486 e. The van der Waals surface area contributed by atoms with E-state index in [1.54, 1.807) is 0 Å². The van der Waals surface area contributed by atoms with Crippen LogP contribution in [0.15, 0.2) is 53.7 Å². The van der Waals surface area contributed by atoms with E-state index in [0.29, 0.717) is 17.5 Å². The SMILES string of the molecule is CCn1c(COc2ccc(-c3ccc(C)cc3)cc2)nnc1SCC(=O)O. The molecule has 0 unspecified atom stereocenters. The Morgan fingerprint density at radius 1 is 1.07 bits per heavy atom. The number of benzene rings is 2. The first-order valence-electron chi connectivity index (χ1n) is 8.63. The van der Waals surface area contributed by atoms with Gasteiger partial charge in [-0.05, 0) is 37.1 Å². The lowest BCUT2D eigenvalue weighted by Crippen LogP contribution is -2.08. The molecule has 0 fully saturated rings. The van der Waals surface area contributed by atoms with E-state index in [2.05, 4.69) is 41.4 Å². The zero-order valence-corrected chi connectivity index (χ0v) is 16.1.